The normalized spacial score (nSPS) is 16.6. The van der Waals surface area contributed by atoms with E-state index in [2.05, 4.69) is 10.3 Å². The average Bonchev–Trinajstić information content (AvgIpc) is 2.92. The molecule has 1 atom stereocenters. The van der Waals surface area contributed by atoms with Crippen LogP contribution in [0.1, 0.15) is 18.9 Å². The fourth-order valence-corrected chi connectivity index (χ4v) is 3.57. The lowest BCUT2D eigenvalue weighted by Crippen LogP contribution is -2.40. The number of benzene rings is 1. The second kappa shape index (κ2) is 8.88. The number of carbonyl (C=O) groups excluding carboxylic acids is 2. The molecule has 8 heteroatoms. The number of nitrogens with one attached hydrogen (secondary N) is 1. The first-order chi connectivity index (χ1) is 13.5. The Morgan fingerprint density at radius 3 is 2.54 bits per heavy atom. The average molecular weight is 400 g/mol. The number of carbonyl (C=O) groups is 2. The first kappa shape index (κ1) is 19.9. The van der Waals surface area contributed by atoms with E-state index < -0.39 is 11.9 Å². The molecule has 2 amide bonds. The predicted molar refractivity (Wildman–Crippen MR) is 108 cm³/mol. The molecule has 0 aliphatic carbocycles. The van der Waals surface area contributed by atoms with Crippen molar-refractivity contribution in [3.05, 3.63) is 60.2 Å². The van der Waals surface area contributed by atoms with Crippen LogP contribution in [0.4, 0.5) is 10.1 Å². The zero-order chi connectivity index (χ0) is 20.1. The van der Waals surface area contributed by atoms with Gasteiger partial charge >= 0.3 is 0 Å². The lowest BCUT2D eigenvalue weighted by Gasteiger charge is -2.23. The minimum Gasteiger partial charge on any atom is -0.356 e. The Morgan fingerprint density at radius 2 is 1.89 bits per heavy atom. The molecule has 2 aromatic rings. The van der Waals surface area contributed by atoms with Crippen LogP contribution >= 0.6 is 12.2 Å². The highest BCUT2D eigenvalue weighted by Gasteiger charge is 2.43. The van der Waals surface area contributed by atoms with E-state index >= 15 is 0 Å². The Morgan fingerprint density at radius 1 is 1.21 bits per heavy atom. The van der Waals surface area contributed by atoms with Crippen LogP contribution in [0.3, 0.4) is 0 Å². The lowest BCUT2D eigenvalue weighted by molar-refractivity contribution is -0.127. The van der Waals surface area contributed by atoms with Gasteiger partial charge in [-0.3, -0.25) is 19.5 Å². The number of aromatic nitrogens is 1. The minimum atomic E-state index is -0.689. The summed E-state index contributed by atoms with van der Waals surface area (Å²) in [5.41, 5.74) is 1.55. The molecule has 0 saturated carbocycles. The summed E-state index contributed by atoms with van der Waals surface area (Å²) in [6.45, 7) is 2.80. The molecule has 28 heavy (non-hydrogen) atoms. The summed E-state index contributed by atoms with van der Waals surface area (Å²) in [5, 5.41) is 3.05. The van der Waals surface area contributed by atoms with Crippen LogP contribution < -0.4 is 10.2 Å². The molecule has 1 aliphatic heterocycles. The Bertz CT molecular complexity index is 860. The molecule has 3 rings (SSSR count). The molecule has 1 N–H and O–H groups in total. The number of nitrogens with zero attached hydrogens (tertiary/aromatic N) is 3. The van der Waals surface area contributed by atoms with Crippen LogP contribution in [-0.2, 0) is 16.0 Å². The van der Waals surface area contributed by atoms with Crippen molar-refractivity contribution < 1.29 is 14.0 Å². The van der Waals surface area contributed by atoms with Crippen molar-refractivity contribution in [1.82, 2.24) is 15.2 Å². The first-order valence-electron chi connectivity index (χ1n) is 9.07. The van der Waals surface area contributed by atoms with Crippen molar-refractivity contribution >= 4 is 34.8 Å². The third-order valence-electron chi connectivity index (χ3n) is 4.55. The SMILES string of the molecule is CCNC(=O)C[C@@H]1C(=O)N(c2ccc(F)cc2)C(=S)N1CCc1ccncc1. The van der Waals surface area contributed by atoms with E-state index in [1.807, 2.05) is 19.1 Å². The number of halogens is 1. The summed E-state index contributed by atoms with van der Waals surface area (Å²) in [4.78, 5) is 32.4. The Hall–Kier alpha value is -2.87. The molecule has 0 bridgehead atoms. The van der Waals surface area contributed by atoms with Gasteiger partial charge in [0, 0.05) is 25.5 Å². The largest absolute Gasteiger partial charge is 0.356 e. The molecule has 1 aromatic heterocycles. The van der Waals surface area contributed by atoms with Gasteiger partial charge in [0.1, 0.15) is 11.9 Å². The van der Waals surface area contributed by atoms with Crippen LogP contribution in [-0.4, -0.2) is 45.9 Å². The van der Waals surface area contributed by atoms with E-state index in [4.69, 9.17) is 12.2 Å². The quantitative estimate of drug-likeness (QED) is 0.723. The van der Waals surface area contributed by atoms with Crippen LogP contribution in [0.2, 0.25) is 0 Å². The first-order valence-corrected chi connectivity index (χ1v) is 9.47. The summed E-state index contributed by atoms with van der Waals surface area (Å²) >= 11 is 5.56. The molecular weight excluding hydrogens is 379 g/mol. The summed E-state index contributed by atoms with van der Waals surface area (Å²) in [6.07, 6.45) is 4.08. The number of hydrogen-bond donors (Lipinski definition) is 1. The van der Waals surface area contributed by atoms with Gasteiger partial charge < -0.3 is 10.2 Å². The zero-order valence-electron chi connectivity index (χ0n) is 15.5. The van der Waals surface area contributed by atoms with Crippen molar-refractivity contribution in [1.29, 1.82) is 0 Å². The highest BCUT2D eigenvalue weighted by Crippen LogP contribution is 2.27. The van der Waals surface area contributed by atoms with E-state index in [0.717, 1.165) is 5.56 Å². The lowest BCUT2D eigenvalue weighted by atomic mass is 10.1. The van der Waals surface area contributed by atoms with Crippen molar-refractivity contribution in [3.8, 4) is 0 Å². The number of rotatable bonds is 7. The van der Waals surface area contributed by atoms with Gasteiger partial charge in [-0.1, -0.05) is 0 Å². The van der Waals surface area contributed by atoms with Crippen molar-refractivity contribution in [2.45, 2.75) is 25.8 Å². The maximum atomic E-state index is 13.3. The molecule has 1 aromatic carbocycles. The Kier molecular flexibility index (Phi) is 6.30. The monoisotopic (exact) mass is 400 g/mol. The molecular formula is C20H21FN4O2S. The highest BCUT2D eigenvalue weighted by atomic mass is 32.1. The summed E-state index contributed by atoms with van der Waals surface area (Å²) in [5.74, 6) is -0.883. The summed E-state index contributed by atoms with van der Waals surface area (Å²) in [7, 11) is 0. The fraction of sp³-hybridized carbons (Fsp3) is 0.300. The van der Waals surface area contributed by atoms with Crippen LogP contribution in [0.15, 0.2) is 48.8 Å². The molecule has 6 nitrogen and oxygen atoms in total. The molecule has 0 unspecified atom stereocenters. The number of amides is 2. The predicted octanol–water partition coefficient (Wildman–Crippen LogP) is 2.29. The number of pyridine rings is 1. The van der Waals surface area contributed by atoms with Crippen LogP contribution in [0, 0.1) is 5.82 Å². The Balaban J connectivity index is 1.84. The van der Waals surface area contributed by atoms with Crippen molar-refractivity contribution in [2.75, 3.05) is 18.0 Å². The highest BCUT2D eigenvalue weighted by molar-refractivity contribution is 7.80. The Labute approximate surface area is 168 Å². The smallest absolute Gasteiger partial charge is 0.256 e. The van der Waals surface area contributed by atoms with E-state index in [-0.39, 0.29) is 18.2 Å². The van der Waals surface area contributed by atoms with E-state index in [0.29, 0.717) is 30.3 Å². The van der Waals surface area contributed by atoms with Crippen molar-refractivity contribution in [3.63, 3.8) is 0 Å². The molecule has 0 radical (unpaired) electrons. The van der Waals surface area contributed by atoms with Gasteiger partial charge in [0.25, 0.3) is 5.91 Å². The molecule has 1 saturated heterocycles. The standard InChI is InChI=1S/C20H21FN4O2S/c1-2-23-18(26)13-17-19(27)25(16-5-3-15(21)4-6-16)20(28)24(17)12-9-14-7-10-22-11-8-14/h3-8,10-11,17H,2,9,12-13H2,1H3,(H,23,26)/t17-/m1/s1. The fourth-order valence-electron chi connectivity index (χ4n) is 3.16. The van der Waals surface area contributed by atoms with E-state index in [9.17, 15) is 14.0 Å². The minimum absolute atomic E-state index is 0.0147. The second-order valence-electron chi connectivity index (χ2n) is 6.40. The molecule has 2 heterocycles. The number of anilines is 1. The second-order valence-corrected chi connectivity index (χ2v) is 6.77. The molecule has 146 valence electrons. The summed E-state index contributed by atoms with van der Waals surface area (Å²) < 4.78 is 13.3. The maximum absolute atomic E-state index is 13.3. The van der Waals surface area contributed by atoms with Gasteiger partial charge in [0.15, 0.2) is 5.11 Å². The van der Waals surface area contributed by atoms with E-state index in [1.54, 1.807) is 17.3 Å². The summed E-state index contributed by atoms with van der Waals surface area (Å²) in [6, 6.07) is 8.69. The van der Waals surface area contributed by atoms with Crippen LogP contribution in [0.25, 0.3) is 0 Å². The van der Waals surface area contributed by atoms with E-state index in [1.165, 1.54) is 29.2 Å². The van der Waals surface area contributed by atoms with Gasteiger partial charge in [0.2, 0.25) is 5.91 Å². The molecule has 0 spiro atoms. The van der Waals surface area contributed by atoms with Crippen molar-refractivity contribution in [2.24, 2.45) is 0 Å². The number of hydrogen-bond acceptors (Lipinski definition) is 4. The zero-order valence-corrected chi connectivity index (χ0v) is 16.3. The maximum Gasteiger partial charge on any atom is 0.256 e. The van der Waals surface area contributed by atoms with Gasteiger partial charge in [-0.05, 0) is 67.5 Å². The van der Waals surface area contributed by atoms with Gasteiger partial charge in [-0.15, -0.1) is 0 Å². The number of thiocarbonyl (C=S) groups is 1. The topological polar surface area (TPSA) is 65.5 Å². The third kappa shape index (κ3) is 4.33. The van der Waals surface area contributed by atoms with Crippen LogP contribution in [0.5, 0.6) is 0 Å². The van der Waals surface area contributed by atoms with Gasteiger partial charge in [-0.25, -0.2) is 4.39 Å². The van der Waals surface area contributed by atoms with Gasteiger partial charge in [0.05, 0.1) is 12.1 Å². The molecule has 1 aliphatic rings. The van der Waals surface area contributed by atoms with Gasteiger partial charge in [-0.2, -0.15) is 0 Å². The third-order valence-corrected chi connectivity index (χ3v) is 4.96. The molecule has 1 fully saturated rings.